The average molecular weight is 305 g/mol. The van der Waals surface area contributed by atoms with Crippen LogP contribution in [0, 0.1) is 11.8 Å². The van der Waals surface area contributed by atoms with E-state index in [2.05, 4.69) is 5.32 Å². The Morgan fingerprint density at radius 3 is 2.73 bits per heavy atom. The maximum atomic E-state index is 11.8. The Kier molecular flexibility index (Phi) is 5.81. The number of hydrogen-bond acceptors (Lipinski definition) is 3. The Balaban J connectivity index is 1.69. The Hall–Kier alpha value is -2.04. The number of alkyl carbamates (subject to hydrolysis) is 1. The molecule has 0 aliphatic heterocycles. The molecule has 0 spiro atoms. The quantitative estimate of drug-likeness (QED) is 0.846. The zero-order valence-electron chi connectivity index (χ0n) is 12.8. The van der Waals surface area contributed by atoms with Crippen LogP contribution in [0.2, 0.25) is 0 Å². The first kappa shape index (κ1) is 16.3. The third-order valence-electron chi connectivity index (χ3n) is 4.18. The predicted molar refractivity (Wildman–Crippen MR) is 82.3 cm³/mol. The van der Waals surface area contributed by atoms with Crippen molar-refractivity contribution in [1.82, 2.24) is 5.32 Å². The number of nitrogens with one attached hydrogen (secondary N) is 1. The predicted octanol–water partition coefficient (Wildman–Crippen LogP) is 3.19. The standard InChI is InChI=1S/C17H23NO4/c1-12(16(19)20)9-14-7-8-15(10-14)18-17(21)22-11-13-5-3-2-4-6-13/h2-6,12,14-15H,7-11H2,1H3,(H,18,21)(H,19,20)/t12-,14?,15?/m1/s1. The van der Waals surface area contributed by atoms with Gasteiger partial charge in [-0.05, 0) is 37.2 Å². The zero-order valence-corrected chi connectivity index (χ0v) is 12.8. The van der Waals surface area contributed by atoms with E-state index in [0.29, 0.717) is 12.3 Å². The van der Waals surface area contributed by atoms with Crippen LogP contribution in [0.4, 0.5) is 4.79 Å². The minimum absolute atomic E-state index is 0.0919. The summed E-state index contributed by atoms with van der Waals surface area (Å²) in [7, 11) is 0. The molecule has 5 heteroatoms. The molecule has 1 aliphatic rings. The van der Waals surface area contributed by atoms with Crippen LogP contribution in [0.15, 0.2) is 30.3 Å². The summed E-state index contributed by atoms with van der Waals surface area (Å²) < 4.78 is 5.20. The fourth-order valence-corrected chi connectivity index (χ4v) is 2.95. The van der Waals surface area contributed by atoms with E-state index in [1.807, 2.05) is 30.3 Å². The van der Waals surface area contributed by atoms with Crippen LogP contribution >= 0.6 is 0 Å². The van der Waals surface area contributed by atoms with Crippen LogP contribution in [0.25, 0.3) is 0 Å². The molecule has 0 heterocycles. The molecule has 2 unspecified atom stereocenters. The molecule has 2 N–H and O–H groups in total. The van der Waals surface area contributed by atoms with Crippen molar-refractivity contribution in [3.63, 3.8) is 0 Å². The highest BCUT2D eigenvalue weighted by Gasteiger charge is 2.28. The lowest BCUT2D eigenvalue weighted by Crippen LogP contribution is -2.33. The number of benzene rings is 1. The van der Waals surface area contributed by atoms with E-state index >= 15 is 0 Å². The van der Waals surface area contributed by atoms with Gasteiger partial charge in [0.1, 0.15) is 6.61 Å². The number of hydrogen-bond donors (Lipinski definition) is 2. The van der Waals surface area contributed by atoms with Gasteiger partial charge in [0.15, 0.2) is 0 Å². The second-order valence-corrected chi connectivity index (χ2v) is 6.06. The van der Waals surface area contributed by atoms with Crippen molar-refractivity contribution in [2.45, 2.75) is 45.3 Å². The molecule has 120 valence electrons. The van der Waals surface area contributed by atoms with Crippen molar-refractivity contribution in [3.8, 4) is 0 Å². The van der Waals surface area contributed by atoms with Gasteiger partial charge in [0.2, 0.25) is 0 Å². The molecule has 22 heavy (non-hydrogen) atoms. The Bertz CT molecular complexity index is 503. The second-order valence-electron chi connectivity index (χ2n) is 6.06. The number of ether oxygens (including phenoxy) is 1. The molecule has 1 aromatic carbocycles. The van der Waals surface area contributed by atoms with E-state index in [-0.39, 0.29) is 18.6 Å². The van der Waals surface area contributed by atoms with E-state index in [4.69, 9.17) is 9.84 Å². The third kappa shape index (κ3) is 5.06. The van der Waals surface area contributed by atoms with E-state index < -0.39 is 12.1 Å². The van der Waals surface area contributed by atoms with E-state index in [1.54, 1.807) is 6.92 Å². The number of carboxylic acid groups (broad SMARTS) is 1. The van der Waals surface area contributed by atoms with Crippen LogP contribution < -0.4 is 5.32 Å². The average Bonchev–Trinajstić information content (AvgIpc) is 2.93. The first-order valence-corrected chi connectivity index (χ1v) is 7.74. The highest BCUT2D eigenvalue weighted by molar-refractivity contribution is 5.69. The first-order chi connectivity index (χ1) is 10.5. The largest absolute Gasteiger partial charge is 0.481 e. The molecule has 1 fully saturated rings. The normalized spacial score (nSPS) is 22.0. The van der Waals surface area contributed by atoms with Gasteiger partial charge in [0.05, 0.1) is 5.92 Å². The van der Waals surface area contributed by atoms with Gasteiger partial charge >= 0.3 is 12.1 Å². The molecule has 0 radical (unpaired) electrons. The van der Waals surface area contributed by atoms with Gasteiger partial charge in [-0.15, -0.1) is 0 Å². The molecule has 3 atom stereocenters. The molecule has 2 rings (SSSR count). The monoisotopic (exact) mass is 305 g/mol. The van der Waals surface area contributed by atoms with Gasteiger partial charge in [-0.2, -0.15) is 0 Å². The van der Waals surface area contributed by atoms with Crippen molar-refractivity contribution >= 4 is 12.1 Å². The highest BCUT2D eigenvalue weighted by Crippen LogP contribution is 2.31. The summed E-state index contributed by atoms with van der Waals surface area (Å²) >= 11 is 0. The van der Waals surface area contributed by atoms with Crippen molar-refractivity contribution in [2.75, 3.05) is 0 Å². The molecule has 1 saturated carbocycles. The minimum atomic E-state index is -0.751. The smallest absolute Gasteiger partial charge is 0.407 e. The van der Waals surface area contributed by atoms with E-state index in [1.165, 1.54) is 0 Å². The molecule has 1 amide bonds. The maximum absolute atomic E-state index is 11.8. The van der Waals surface area contributed by atoms with Crippen molar-refractivity contribution in [1.29, 1.82) is 0 Å². The lowest BCUT2D eigenvalue weighted by molar-refractivity contribution is -0.141. The number of carboxylic acids is 1. The van der Waals surface area contributed by atoms with Gasteiger partial charge in [-0.1, -0.05) is 37.3 Å². The summed E-state index contributed by atoms with van der Waals surface area (Å²) in [5.41, 5.74) is 0.956. The number of rotatable bonds is 6. The molecular formula is C17H23NO4. The summed E-state index contributed by atoms with van der Waals surface area (Å²) in [5.74, 6) is -0.710. The molecule has 1 aromatic rings. The summed E-state index contributed by atoms with van der Waals surface area (Å²) in [6.45, 7) is 2.00. The molecule has 0 saturated heterocycles. The number of carbonyl (C=O) groups is 2. The van der Waals surface area contributed by atoms with Crippen LogP contribution in [-0.4, -0.2) is 23.2 Å². The zero-order chi connectivity index (χ0) is 15.9. The van der Waals surface area contributed by atoms with Gasteiger partial charge in [-0.3, -0.25) is 4.79 Å². The van der Waals surface area contributed by atoms with Crippen LogP contribution in [0.5, 0.6) is 0 Å². The van der Waals surface area contributed by atoms with Crippen molar-refractivity contribution < 1.29 is 19.4 Å². The van der Waals surface area contributed by atoms with Crippen molar-refractivity contribution in [3.05, 3.63) is 35.9 Å². The van der Waals surface area contributed by atoms with E-state index in [0.717, 1.165) is 24.8 Å². The minimum Gasteiger partial charge on any atom is -0.481 e. The van der Waals surface area contributed by atoms with Gasteiger partial charge < -0.3 is 15.2 Å². The number of aliphatic carboxylic acids is 1. The third-order valence-corrected chi connectivity index (χ3v) is 4.18. The molecule has 1 aliphatic carbocycles. The molecule has 5 nitrogen and oxygen atoms in total. The topological polar surface area (TPSA) is 75.6 Å². The lowest BCUT2D eigenvalue weighted by Gasteiger charge is -2.15. The fourth-order valence-electron chi connectivity index (χ4n) is 2.95. The summed E-state index contributed by atoms with van der Waals surface area (Å²) in [6.07, 6.45) is 2.95. The Morgan fingerprint density at radius 1 is 1.32 bits per heavy atom. The Labute approximate surface area is 130 Å². The number of amides is 1. The van der Waals surface area contributed by atoms with Crippen LogP contribution in [0.1, 0.15) is 38.2 Å². The summed E-state index contributed by atoms with van der Waals surface area (Å²) in [5, 5.41) is 11.8. The van der Waals surface area contributed by atoms with Gasteiger partial charge in [-0.25, -0.2) is 4.79 Å². The van der Waals surface area contributed by atoms with E-state index in [9.17, 15) is 9.59 Å². The van der Waals surface area contributed by atoms with Gasteiger partial charge in [0.25, 0.3) is 0 Å². The fraction of sp³-hybridized carbons (Fsp3) is 0.529. The summed E-state index contributed by atoms with van der Waals surface area (Å²) in [4.78, 5) is 22.7. The molecule has 0 bridgehead atoms. The van der Waals surface area contributed by atoms with Gasteiger partial charge in [0, 0.05) is 6.04 Å². The summed E-state index contributed by atoms with van der Waals surface area (Å²) in [6, 6.07) is 9.64. The SMILES string of the molecule is C[C@H](CC1CCC(NC(=O)OCc2ccccc2)C1)C(=O)O. The lowest BCUT2D eigenvalue weighted by atomic mass is 9.94. The highest BCUT2D eigenvalue weighted by atomic mass is 16.5. The Morgan fingerprint density at radius 2 is 2.05 bits per heavy atom. The molecular weight excluding hydrogens is 282 g/mol. The van der Waals surface area contributed by atoms with Crippen LogP contribution in [-0.2, 0) is 16.1 Å². The van der Waals surface area contributed by atoms with Crippen molar-refractivity contribution in [2.24, 2.45) is 11.8 Å². The first-order valence-electron chi connectivity index (χ1n) is 7.74. The molecule has 0 aromatic heterocycles. The second kappa shape index (κ2) is 7.82. The maximum Gasteiger partial charge on any atom is 0.407 e. The number of carbonyl (C=O) groups excluding carboxylic acids is 1. The van der Waals surface area contributed by atoms with Crippen LogP contribution in [0.3, 0.4) is 0 Å².